The lowest BCUT2D eigenvalue weighted by atomic mass is 10.2. The van der Waals surface area contributed by atoms with Crippen molar-refractivity contribution in [2.24, 2.45) is 0 Å². The van der Waals surface area contributed by atoms with Crippen LogP contribution in [0, 0.1) is 10.1 Å². The molecule has 0 radical (unpaired) electrons. The molecule has 2 heterocycles. The minimum absolute atomic E-state index is 0.0433. The Balaban J connectivity index is 1.42. The molecule has 1 saturated heterocycles. The van der Waals surface area contributed by atoms with Gasteiger partial charge >= 0.3 is 0 Å². The summed E-state index contributed by atoms with van der Waals surface area (Å²) in [4.78, 5) is 36.4. The van der Waals surface area contributed by atoms with Crippen molar-refractivity contribution < 1.29 is 22.9 Å². The van der Waals surface area contributed by atoms with Crippen LogP contribution < -0.4 is 0 Å². The molecule has 2 aromatic carbocycles. The average Bonchev–Trinajstić information content (AvgIpc) is 3.34. The number of benzene rings is 2. The number of hydrogen-bond donors (Lipinski definition) is 0. The molecule has 34 heavy (non-hydrogen) atoms. The summed E-state index contributed by atoms with van der Waals surface area (Å²) in [5.74, 6) is -0.558. The van der Waals surface area contributed by atoms with Crippen LogP contribution in [-0.4, -0.2) is 70.2 Å². The second-order valence-electron chi connectivity index (χ2n) is 7.70. The molecule has 1 aromatic heterocycles. The van der Waals surface area contributed by atoms with Gasteiger partial charge in [-0.2, -0.15) is 9.40 Å². The first kappa shape index (κ1) is 23.3. The van der Waals surface area contributed by atoms with Crippen molar-refractivity contribution in [3.8, 4) is 5.69 Å². The molecule has 11 nitrogen and oxygen atoms in total. The first-order valence-corrected chi connectivity index (χ1v) is 11.8. The number of Topliss-reactive ketones (excluding diaryl/α,β-unsaturated/α-hetero) is 1. The molecule has 0 spiro atoms. The Labute approximate surface area is 195 Å². The van der Waals surface area contributed by atoms with E-state index in [1.54, 1.807) is 18.3 Å². The van der Waals surface area contributed by atoms with Crippen LogP contribution in [0.1, 0.15) is 27.8 Å². The molecule has 1 aliphatic rings. The summed E-state index contributed by atoms with van der Waals surface area (Å²) in [5.41, 5.74) is 1.02. The Morgan fingerprint density at radius 1 is 1.00 bits per heavy atom. The molecule has 12 heteroatoms. The van der Waals surface area contributed by atoms with Gasteiger partial charge < -0.3 is 4.90 Å². The monoisotopic (exact) mass is 483 g/mol. The number of hydrogen-bond acceptors (Lipinski definition) is 7. The Bertz CT molecular complexity index is 1360. The Hall–Kier alpha value is -3.90. The predicted octanol–water partition coefficient (Wildman–Crippen LogP) is 2.13. The van der Waals surface area contributed by atoms with E-state index >= 15 is 0 Å². The van der Waals surface area contributed by atoms with Crippen molar-refractivity contribution in [1.82, 2.24) is 19.0 Å². The van der Waals surface area contributed by atoms with E-state index in [9.17, 15) is 28.1 Å². The van der Waals surface area contributed by atoms with E-state index in [1.807, 2.05) is 0 Å². The summed E-state index contributed by atoms with van der Waals surface area (Å²) >= 11 is 0. The maximum absolute atomic E-state index is 13.0. The fraction of sp³-hybridized carbons (Fsp3) is 0.227. The first-order valence-electron chi connectivity index (χ1n) is 10.4. The molecule has 0 N–H and O–H groups in total. The number of amides is 1. The van der Waals surface area contributed by atoms with E-state index in [2.05, 4.69) is 5.10 Å². The third-order valence-electron chi connectivity index (χ3n) is 5.54. The number of rotatable bonds is 6. The zero-order valence-corrected chi connectivity index (χ0v) is 19.0. The number of carbonyl (C=O) groups excluding carboxylic acids is 2. The van der Waals surface area contributed by atoms with E-state index in [-0.39, 0.29) is 54.1 Å². The molecule has 3 aromatic rings. The Morgan fingerprint density at radius 3 is 2.29 bits per heavy atom. The number of piperazine rings is 1. The van der Waals surface area contributed by atoms with E-state index in [0.717, 1.165) is 0 Å². The molecule has 1 aliphatic heterocycles. The van der Waals surface area contributed by atoms with E-state index < -0.39 is 14.9 Å². The van der Waals surface area contributed by atoms with Crippen LogP contribution in [0.15, 0.2) is 65.7 Å². The molecule has 0 aliphatic carbocycles. The molecule has 176 valence electrons. The normalized spacial score (nSPS) is 14.7. The van der Waals surface area contributed by atoms with Crippen molar-refractivity contribution in [1.29, 1.82) is 0 Å². The highest BCUT2D eigenvalue weighted by molar-refractivity contribution is 7.89. The topological polar surface area (TPSA) is 136 Å². The van der Waals surface area contributed by atoms with Gasteiger partial charge in [0, 0.05) is 50.1 Å². The molecule has 1 amide bonds. The highest BCUT2D eigenvalue weighted by Crippen LogP contribution is 2.20. The SMILES string of the molecule is CC(=O)c1cccc(S(=O)(=O)N2CCN(C(=O)c3ccn(-c4ccc([N+](=O)[O-])cc4)n3)CC2)c1. The summed E-state index contributed by atoms with van der Waals surface area (Å²) in [6, 6.07) is 13.2. The van der Waals surface area contributed by atoms with Crippen molar-refractivity contribution in [2.75, 3.05) is 26.2 Å². The summed E-state index contributed by atoms with van der Waals surface area (Å²) in [6.07, 6.45) is 1.58. The standard InChI is InChI=1S/C22H21N5O6S/c1-16(28)17-3-2-4-20(15-17)34(32,33)25-13-11-24(12-14-25)22(29)21-9-10-26(23-21)18-5-7-19(8-6-18)27(30)31/h2-10,15H,11-14H2,1H3. The highest BCUT2D eigenvalue weighted by atomic mass is 32.2. The first-order chi connectivity index (χ1) is 16.2. The number of carbonyl (C=O) groups is 2. The largest absolute Gasteiger partial charge is 0.335 e. The molecule has 4 rings (SSSR count). The van der Waals surface area contributed by atoms with Gasteiger partial charge in [0.05, 0.1) is 15.5 Å². The molecule has 0 unspecified atom stereocenters. The second kappa shape index (κ2) is 9.15. The van der Waals surface area contributed by atoms with Gasteiger partial charge in [-0.1, -0.05) is 12.1 Å². The minimum Gasteiger partial charge on any atom is -0.335 e. The minimum atomic E-state index is -3.80. The van der Waals surface area contributed by atoms with Crippen LogP contribution in [0.2, 0.25) is 0 Å². The summed E-state index contributed by atoms with van der Waals surface area (Å²) in [7, 11) is -3.80. The lowest BCUT2D eigenvalue weighted by Crippen LogP contribution is -2.50. The second-order valence-corrected chi connectivity index (χ2v) is 9.64. The van der Waals surface area contributed by atoms with Crippen LogP contribution in [0.3, 0.4) is 0 Å². The number of non-ortho nitro benzene ring substituents is 1. The quantitative estimate of drug-likeness (QED) is 0.298. The third-order valence-corrected chi connectivity index (χ3v) is 7.43. The van der Waals surface area contributed by atoms with E-state index in [0.29, 0.717) is 11.3 Å². The van der Waals surface area contributed by atoms with Crippen LogP contribution in [-0.2, 0) is 10.0 Å². The maximum Gasteiger partial charge on any atom is 0.274 e. The van der Waals surface area contributed by atoms with Crippen LogP contribution in [0.25, 0.3) is 5.69 Å². The molecule has 0 saturated carbocycles. The summed E-state index contributed by atoms with van der Waals surface area (Å²) in [6.45, 7) is 1.98. The number of nitro benzene ring substituents is 1. The van der Waals surface area contributed by atoms with Crippen LogP contribution >= 0.6 is 0 Å². The van der Waals surface area contributed by atoms with Crippen molar-refractivity contribution >= 4 is 27.4 Å². The van der Waals surface area contributed by atoms with Gasteiger partial charge in [0.1, 0.15) is 0 Å². The van der Waals surface area contributed by atoms with E-state index in [1.165, 1.54) is 63.3 Å². The fourth-order valence-corrected chi connectivity index (χ4v) is 5.10. The van der Waals surface area contributed by atoms with Crippen molar-refractivity contribution in [3.63, 3.8) is 0 Å². The van der Waals surface area contributed by atoms with Gasteiger partial charge in [-0.15, -0.1) is 0 Å². The number of ketones is 1. The van der Waals surface area contributed by atoms with Gasteiger partial charge in [0.2, 0.25) is 10.0 Å². The molecular weight excluding hydrogens is 462 g/mol. The molecular formula is C22H21N5O6S. The molecule has 1 fully saturated rings. The van der Waals surface area contributed by atoms with E-state index in [4.69, 9.17) is 0 Å². The third kappa shape index (κ3) is 4.58. The van der Waals surface area contributed by atoms with Gasteiger partial charge in [-0.3, -0.25) is 19.7 Å². The number of nitro groups is 1. The van der Waals surface area contributed by atoms with Gasteiger partial charge in [-0.05, 0) is 37.3 Å². The Kier molecular flexibility index (Phi) is 6.26. The number of sulfonamides is 1. The number of nitrogens with zero attached hydrogens (tertiary/aromatic N) is 5. The lowest BCUT2D eigenvalue weighted by Gasteiger charge is -2.33. The summed E-state index contributed by atoms with van der Waals surface area (Å²) in [5, 5.41) is 15.1. The van der Waals surface area contributed by atoms with Crippen molar-refractivity contribution in [3.05, 3.63) is 82.2 Å². The van der Waals surface area contributed by atoms with Crippen LogP contribution in [0.5, 0.6) is 0 Å². The van der Waals surface area contributed by atoms with Crippen molar-refractivity contribution in [2.45, 2.75) is 11.8 Å². The molecule has 0 bridgehead atoms. The average molecular weight is 484 g/mol. The van der Waals surface area contributed by atoms with Gasteiger partial charge in [0.25, 0.3) is 11.6 Å². The van der Waals surface area contributed by atoms with Crippen LogP contribution in [0.4, 0.5) is 5.69 Å². The molecule has 0 atom stereocenters. The summed E-state index contributed by atoms with van der Waals surface area (Å²) < 4.78 is 28.7. The van der Waals surface area contributed by atoms with Gasteiger partial charge in [-0.25, -0.2) is 13.1 Å². The Morgan fingerprint density at radius 2 is 1.68 bits per heavy atom. The maximum atomic E-state index is 13.0. The smallest absolute Gasteiger partial charge is 0.274 e. The highest BCUT2D eigenvalue weighted by Gasteiger charge is 2.31. The van der Waals surface area contributed by atoms with Gasteiger partial charge in [0.15, 0.2) is 11.5 Å². The predicted molar refractivity (Wildman–Crippen MR) is 121 cm³/mol. The fourth-order valence-electron chi connectivity index (χ4n) is 3.63. The number of aromatic nitrogens is 2. The lowest BCUT2D eigenvalue weighted by molar-refractivity contribution is -0.384. The zero-order valence-electron chi connectivity index (χ0n) is 18.2. The zero-order chi connectivity index (χ0) is 24.5.